The van der Waals surface area contributed by atoms with Crippen LogP contribution in [0.4, 0.5) is 0 Å². The van der Waals surface area contributed by atoms with Crippen molar-refractivity contribution in [3.8, 4) is 0 Å². The highest BCUT2D eigenvalue weighted by molar-refractivity contribution is 7.18. The van der Waals surface area contributed by atoms with E-state index >= 15 is 0 Å². The van der Waals surface area contributed by atoms with Crippen LogP contribution in [0.15, 0.2) is 0 Å². The molecule has 1 aliphatic carbocycles. The fourth-order valence-electron chi connectivity index (χ4n) is 4.43. The lowest BCUT2D eigenvalue weighted by Crippen LogP contribution is -2.23. The van der Waals surface area contributed by atoms with Crippen LogP contribution in [0.3, 0.4) is 0 Å². The number of ether oxygens (including phenoxy) is 1. The van der Waals surface area contributed by atoms with Crippen molar-refractivity contribution in [2.75, 3.05) is 7.11 Å². The summed E-state index contributed by atoms with van der Waals surface area (Å²) in [5, 5.41) is 1.34. The van der Waals surface area contributed by atoms with Crippen LogP contribution in [-0.2, 0) is 27.8 Å². The van der Waals surface area contributed by atoms with E-state index in [1.54, 1.807) is 0 Å². The van der Waals surface area contributed by atoms with Crippen LogP contribution in [0.25, 0.3) is 10.2 Å². The zero-order valence-corrected chi connectivity index (χ0v) is 17.8. The molecule has 2 heterocycles. The fourth-order valence-corrected chi connectivity index (χ4v) is 5.75. The molecule has 0 aromatic carbocycles. The maximum absolute atomic E-state index is 12.6. The molecular formula is C22H31NO2S. The number of rotatable bonds is 4. The Morgan fingerprint density at radius 1 is 1.27 bits per heavy atom. The molecule has 3 nitrogen and oxygen atoms in total. The molecule has 2 aromatic heterocycles. The van der Waals surface area contributed by atoms with Crippen molar-refractivity contribution in [1.29, 1.82) is 0 Å². The van der Waals surface area contributed by atoms with Gasteiger partial charge in [-0.25, -0.2) is 4.98 Å². The molecule has 0 radical (unpaired) electrons. The first-order valence-electron chi connectivity index (χ1n) is 9.82. The molecule has 0 amide bonds. The molecule has 0 aliphatic heterocycles. The molecule has 4 heteroatoms. The van der Waals surface area contributed by atoms with Crippen molar-refractivity contribution >= 4 is 27.5 Å². The maximum Gasteiger partial charge on any atom is 0.313 e. The quantitative estimate of drug-likeness (QED) is 0.632. The van der Waals surface area contributed by atoms with Crippen molar-refractivity contribution < 1.29 is 9.53 Å². The molecule has 3 rings (SSSR count). The van der Waals surface area contributed by atoms with Gasteiger partial charge in [0, 0.05) is 16.0 Å². The van der Waals surface area contributed by atoms with Crippen LogP contribution in [-0.4, -0.2) is 18.1 Å². The van der Waals surface area contributed by atoms with Gasteiger partial charge >= 0.3 is 5.97 Å². The number of hydrogen-bond donors (Lipinski definition) is 0. The monoisotopic (exact) mass is 373 g/mol. The van der Waals surface area contributed by atoms with Gasteiger partial charge in [-0.15, -0.1) is 11.3 Å². The smallest absolute Gasteiger partial charge is 0.313 e. The minimum absolute atomic E-state index is 0.0480. The van der Waals surface area contributed by atoms with Crippen molar-refractivity contribution in [3.05, 3.63) is 27.3 Å². The summed E-state index contributed by atoms with van der Waals surface area (Å²) in [5.41, 5.74) is 4.88. The number of carbonyl (C=O) groups excluding carboxylic acids is 1. The van der Waals surface area contributed by atoms with Crippen LogP contribution in [0.1, 0.15) is 86.6 Å². The van der Waals surface area contributed by atoms with Gasteiger partial charge in [0.2, 0.25) is 0 Å². The number of methoxy groups -OCH3 is 1. The largest absolute Gasteiger partial charge is 0.469 e. The van der Waals surface area contributed by atoms with E-state index in [2.05, 4.69) is 34.6 Å². The van der Waals surface area contributed by atoms with E-state index in [-0.39, 0.29) is 17.3 Å². The van der Waals surface area contributed by atoms with E-state index in [0.29, 0.717) is 0 Å². The van der Waals surface area contributed by atoms with E-state index in [1.165, 1.54) is 47.8 Å². The standard InChI is InChI=1S/C22H31NO2S/c1-7-10-15(21(24)25-6)17-13(2)23-20-18(19(17)22(3,4)5)14-11-8-9-12-16(14)26-20/h15H,7-12H2,1-6H3. The summed E-state index contributed by atoms with van der Waals surface area (Å²) in [6.07, 6.45) is 6.58. The van der Waals surface area contributed by atoms with Crippen molar-refractivity contribution in [3.63, 3.8) is 0 Å². The minimum atomic E-state index is -0.227. The Morgan fingerprint density at radius 2 is 1.96 bits per heavy atom. The second kappa shape index (κ2) is 7.30. The van der Waals surface area contributed by atoms with Crippen LogP contribution in [0.2, 0.25) is 0 Å². The Morgan fingerprint density at radius 3 is 2.58 bits per heavy atom. The topological polar surface area (TPSA) is 39.2 Å². The summed E-state index contributed by atoms with van der Waals surface area (Å²) in [6.45, 7) is 11.0. The van der Waals surface area contributed by atoms with Gasteiger partial charge in [0.25, 0.3) is 0 Å². The number of fused-ring (bicyclic) bond motifs is 3. The summed E-state index contributed by atoms with van der Waals surface area (Å²) in [6, 6.07) is 0. The molecule has 0 bridgehead atoms. The average molecular weight is 374 g/mol. The van der Waals surface area contributed by atoms with E-state index in [4.69, 9.17) is 9.72 Å². The van der Waals surface area contributed by atoms with Crippen LogP contribution in [0.5, 0.6) is 0 Å². The van der Waals surface area contributed by atoms with Crippen molar-refractivity contribution in [2.45, 2.75) is 84.5 Å². The maximum atomic E-state index is 12.6. The minimum Gasteiger partial charge on any atom is -0.469 e. The molecule has 0 N–H and O–H groups in total. The summed E-state index contributed by atoms with van der Waals surface area (Å²) >= 11 is 1.86. The number of pyridine rings is 1. The third-order valence-electron chi connectivity index (χ3n) is 5.49. The summed E-state index contributed by atoms with van der Waals surface area (Å²) < 4.78 is 5.18. The van der Waals surface area contributed by atoms with Gasteiger partial charge in [-0.05, 0) is 61.1 Å². The lowest BCUT2D eigenvalue weighted by molar-refractivity contribution is -0.142. The molecule has 1 aliphatic rings. The number of aromatic nitrogens is 1. The first kappa shape index (κ1) is 19.3. The van der Waals surface area contributed by atoms with Gasteiger partial charge in [0.05, 0.1) is 13.0 Å². The summed E-state index contributed by atoms with van der Waals surface area (Å²) in [4.78, 5) is 20.3. The molecule has 0 saturated heterocycles. The normalized spacial score (nSPS) is 15.8. The highest BCUT2D eigenvalue weighted by Crippen LogP contribution is 2.45. The fraction of sp³-hybridized carbons (Fsp3) is 0.636. The Bertz CT molecular complexity index is 829. The highest BCUT2D eigenvalue weighted by Gasteiger charge is 2.34. The third-order valence-corrected chi connectivity index (χ3v) is 6.68. The average Bonchev–Trinajstić information content (AvgIpc) is 2.94. The molecule has 0 spiro atoms. The molecular weight excluding hydrogens is 342 g/mol. The molecule has 26 heavy (non-hydrogen) atoms. The predicted octanol–water partition coefficient (Wildman–Crippen LogP) is 5.84. The SMILES string of the molecule is CCCC(C(=O)OC)c1c(C)nc2sc3c(c2c1C(C)(C)C)CCCC3. The second-order valence-corrected chi connectivity index (χ2v) is 9.57. The van der Waals surface area contributed by atoms with Gasteiger partial charge in [0.1, 0.15) is 4.83 Å². The van der Waals surface area contributed by atoms with Crippen molar-refractivity contribution in [2.24, 2.45) is 0 Å². The number of esters is 1. The Labute approximate surface area is 161 Å². The first-order chi connectivity index (χ1) is 12.3. The first-order valence-corrected chi connectivity index (χ1v) is 10.6. The van der Waals surface area contributed by atoms with Gasteiger partial charge in [-0.2, -0.15) is 0 Å². The Kier molecular flexibility index (Phi) is 5.43. The Balaban J connectivity index is 2.38. The number of carbonyl (C=O) groups is 1. The van der Waals surface area contributed by atoms with Gasteiger partial charge in [-0.3, -0.25) is 4.79 Å². The van der Waals surface area contributed by atoms with E-state index in [1.807, 2.05) is 11.3 Å². The zero-order chi connectivity index (χ0) is 19.1. The molecule has 0 saturated carbocycles. The lowest BCUT2D eigenvalue weighted by Gasteiger charge is -2.29. The van der Waals surface area contributed by atoms with E-state index in [0.717, 1.165) is 35.4 Å². The molecule has 0 fully saturated rings. The molecule has 1 unspecified atom stereocenters. The van der Waals surface area contributed by atoms with Gasteiger partial charge in [-0.1, -0.05) is 34.1 Å². The number of hydrogen-bond acceptors (Lipinski definition) is 4. The zero-order valence-electron chi connectivity index (χ0n) is 17.0. The second-order valence-electron chi connectivity index (χ2n) is 8.49. The number of aryl methyl sites for hydroxylation is 3. The van der Waals surface area contributed by atoms with Crippen molar-refractivity contribution in [1.82, 2.24) is 4.98 Å². The number of nitrogens with zero attached hydrogens (tertiary/aromatic N) is 1. The molecule has 2 aromatic rings. The summed E-state index contributed by atoms with van der Waals surface area (Å²) in [7, 11) is 1.50. The highest BCUT2D eigenvalue weighted by atomic mass is 32.1. The van der Waals surface area contributed by atoms with Gasteiger partial charge in [0.15, 0.2) is 0 Å². The van der Waals surface area contributed by atoms with Gasteiger partial charge < -0.3 is 4.74 Å². The third kappa shape index (κ3) is 3.28. The van der Waals surface area contributed by atoms with Crippen LogP contribution in [0, 0.1) is 6.92 Å². The van der Waals surface area contributed by atoms with Crippen LogP contribution >= 0.6 is 11.3 Å². The molecule has 142 valence electrons. The summed E-state index contributed by atoms with van der Waals surface area (Å²) in [5.74, 6) is -0.360. The van der Waals surface area contributed by atoms with E-state index in [9.17, 15) is 4.79 Å². The lowest BCUT2D eigenvalue weighted by atomic mass is 9.75. The predicted molar refractivity (Wildman–Crippen MR) is 109 cm³/mol. The molecule has 1 atom stereocenters. The van der Waals surface area contributed by atoms with E-state index < -0.39 is 0 Å². The number of thiophene rings is 1. The van der Waals surface area contributed by atoms with Crippen LogP contribution < -0.4 is 0 Å². The Hall–Kier alpha value is -1.42.